The molecule has 0 aromatic carbocycles. The minimum Gasteiger partial charge on any atom is -0.481 e. The number of aryl methyl sites for hydroxylation is 1. The zero-order valence-corrected chi connectivity index (χ0v) is 10.1. The number of hydrogen-bond donors (Lipinski definition) is 3. The number of aliphatic carboxylic acids is 1. The Hall–Kier alpha value is -0.910. The molecule has 1 fully saturated rings. The molecular formula is C11H16N2O2S. The highest BCUT2D eigenvalue weighted by atomic mass is 32.1. The summed E-state index contributed by atoms with van der Waals surface area (Å²) in [6, 6.07) is 2.09. The van der Waals surface area contributed by atoms with Crippen LogP contribution < -0.4 is 10.6 Å². The summed E-state index contributed by atoms with van der Waals surface area (Å²) >= 11 is 1.71. The smallest absolute Gasteiger partial charge is 0.305 e. The van der Waals surface area contributed by atoms with E-state index in [-0.39, 0.29) is 12.0 Å². The van der Waals surface area contributed by atoms with Crippen molar-refractivity contribution in [2.75, 3.05) is 13.1 Å². The quantitative estimate of drug-likeness (QED) is 0.717. The van der Waals surface area contributed by atoms with Crippen LogP contribution in [-0.4, -0.2) is 29.7 Å². The van der Waals surface area contributed by atoms with Gasteiger partial charge in [0.05, 0.1) is 12.0 Å². The summed E-state index contributed by atoms with van der Waals surface area (Å²) in [6.45, 7) is 4.32. The van der Waals surface area contributed by atoms with Gasteiger partial charge in [-0.3, -0.25) is 4.79 Å². The average molecular weight is 240 g/mol. The van der Waals surface area contributed by atoms with E-state index in [0.717, 1.165) is 19.6 Å². The minimum absolute atomic E-state index is 0.185. The molecule has 0 radical (unpaired) electrons. The van der Waals surface area contributed by atoms with Gasteiger partial charge in [-0.15, -0.1) is 11.3 Å². The molecular weight excluding hydrogens is 224 g/mol. The van der Waals surface area contributed by atoms with E-state index in [2.05, 4.69) is 29.0 Å². The maximum atomic E-state index is 10.8. The number of carboxylic acids is 1. The van der Waals surface area contributed by atoms with Gasteiger partial charge in [0.2, 0.25) is 0 Å². The van der Waals surface area contributed by atoms with E-state index in [1.807, 2.05) is 0 Å². The summed E-state index contributed by atoms with van der Waals surface area (Å²) in [6.07, 6.45) is 0.185. The topological polar surface area (TPSA) is 61.4 Å². The molecule has 3 N–H and O–H groups in total. The predicted molar refractivity (Wildman–Crippen MR) is 63.7 cm³/mol. The van der Waals surface area contributed by atoms with Crippen molar-refractivity contribution in [3.63, 3.8) is 0 Å². The van der Waals surface area contributed by atoms with E-state index in [0.29, 0.717) is 0 Å². The number of thiophene rings is 1. The fourth-order valence-corrected chi connectivity index (χ4v) is 2.73. The number of rotatable bonds is 5. The second-order valence-electron chi connectivity index (χ2n) is 4.33. The van der Waals surface area contributed by atoms with Gasteiger partial charge in [-0.05, 0) is 23.9 Å². The predicted octanol–water partition coefficient (Wildman–Crippen LogP) is 0.963. The molecule has 1 aromatic heterocycles. The van der Waals surface area contributed by atoms with Crippen molar-refractivity contribution in [3.05, 3.63) is 21.9 Å². The number of carboxylic acid groups (broad SMARTS) is 1. The molecule has 1 aromatic rings. The molecule has 0 saturated carbocycles. The van der Waals surface area contributed by atoms with Crippen LogP contribution in [0.25, 0.3) is 0 Å². The summed E-state index contributed by atoms with van der Waals surface area (Å²) in [4.78, 5) is 12.1. The fraction of sp³-hybridized carbons (Fsp3) is 0.545. The molecule has 16 heavy (non-hydrogen) atoms. The molecule has 4 nitrogen and oxygen atoms in total. The zero-order chi connectivity index (χ0) is 11.6. The number of carbonyl (C=O) groups is 1. The third-order valence-electron chi connectivity index (χ3n) is 3.01. The van der Waals surface area contributed by atoms with Crippen molar-refractivity contribution in [2.45, 2.75) is 25.4 Å². The third-order valence-corrected chi connectivity index (χ3v) is 4.03. The van der Waals surface area contributed by atoms with E-state index in [1.54, 1.807) is 11.3 Å². The summed E-state index contributed by atoms with van der Waals surface area (Å²) in [5.74, 6) is -0.739. The lowest BCUT2D eigenvalue weighted by Crippen LogP contribution is -2.68. The fourth-order valence-electron chi connectivity index (χ4n) is 1.88. The Morgan fingerprint density at radius 3 is 2.88 bits per heavy atom. The molecule has 1 aliphatic rings. The average Bonchev–Trinajstić information content (AvgIpc) is 2.55. The zero-order valence-electron chi connectivity index (χ0n) is 9.25. The first-order chi connectivity index (χ1) is 7.61. The molecule has 0 amide bonds. The maximum absolute atomic E-state index is 10.8. The van der Waals surface area contributed by atoms with Crippen LogP contribution in [0.3, 0.4) is 0 Å². The molecule has 0 atom stereocenters. The first-order valence-corrected chi connectivity index (χ1v) is 6.20. The first kappa shape index (κ1) is 11.6. The van der Waals surface area contributed by atoms with Crippen molar-refractivity contribution in [2.24, 2.45) is 0 Å². The van der Waals surface area contributed by atoms with Crippen LogP contribution in [0.5, 0.6) is 0 Å². The van der Waals surface area contributed by atoms with Gasteiger partial charge in [-0.25, -0.2) is 0 Å². The highest BCUT2D eigenvalue weighted by Gasteiger charge is 2.38. The van der Waals surface area contributed by atoms with E-state index < -0.39 is 5.97 Å². The number of hydrogen-bond acceptors (Lipinski definition) is 4. The van der Waals surface area contributed by atoms with Crippen LogP contribution in [-0.2, 0) is 11.3 Å². The highest BCUT2D eigenvalue weighted by molar-refractivity contribution is 7.10. The monoisotopic (exact) mass is 240 g/mol. The standard InChI is InChI=1S/C11H16N2O2S/c1-8-2-3-16-9(8)5-13-11(4-10(14)15)6-12-7-11/h2-3,12-13H,4-7H2,1H3,(H,14,15). The Labute approximate surface area is 98.7 Å². The normalized spacial score (nSPS) is 18.1. The third kappa shape index (κ3) is 2.42. The molecule has 2 heterocycles. The second kappa shape index (κ2) is 4.53. The van der Waals surface area contributed by atoms with Gasteiger partial charge in [0, 0.05) is 24.5 Å². The minimum atomic E-state index is -0.739. The molecule has 1 saturated heterocycles. The Kier molecular flexibility index (Phi) is 3.28. The van der Waals surface area contributed by atoms with E-state index >= 15 is 0 Å². The molecule has 0 aliphatic carbocycles. The van der Waals surface area contributed by atoms with Gasteiger partial charge in [-0.1, -0.05) is 0 Å². The van der Waals surface area contributed by atoms with Crippen LogP contribution in [0, 0.1) is 6.92 Å². The van der Waals surface area contributed by atoms with E-state index in [4.69, 9.17) is 5.11 Å². The van der Waals surface area contributed by atoms with Crippen LogP contribution in [0.1, 0.15) is 16.9 Å². The van der Waals surface area contributed by atoms with E-state index in [9.17, 15) is 4.79 Å². The molecule has 5 heteroatoms. The van der Waals surface area contributed by atoms with Crippen LogP contribution >= 0.6 is 11.3 Å². The molecule has 0 unspecified atom stereocenters. The Morgan fingerprint density at radius 2 is 2.44 bits per heavy atom. The molecule has 2 rings (SSSR count). The van der Waals surface area contributed by atoms with Crippen LogP contribution in [0.2, 0.25) is 0 Å². The lowest BCUT2D eigenvalue weighted by molar-refractivity contribution is -0.139. The van der Waals surface area contributed by atoms with Gasteiger partial charge in [0.15, 0.2) is 0 Å². The molecule has 88 valence electrons. The van der Waals surface area contributed by atoms with Gasteiger partial charge < -0.3 is 15.7 Å². The molecule has 1 aliphatic heterocycles. The van der Waals surface area contributed by atoms with Crippen molar-refractivity contribution >= 4 is 17.3 Å². The first-order valence-electron chi connectivity index (χ1n) is 5.32. The van der Waals surface area contributed by atoms with Crippen molar-refractivity contribution < 1.29 is 9.90 Å². The van der Waals surface area contributed by atoms with Crippen molar-refractivity contribution in [3.8, 4) is 0 Å². The van der Waals surface area contributed by atoms with Crippen molar-refractivity contribution in [1.82, 2.24) is 10.6 Å². The summed E-state index contributed by atoms with van der Waals surface area (Å²) < 4.78 is 0. The maximum Gasteiger partial charge on any atom is 0.305 e. The van der Waals surface area contributed by atoms with Gasteiger partial charge in [0.1, 0.15) is 0 Å². The van der Waals surface area contributed by atoms with Crippen LogP contribution in [0.15, 0.2) is 11.4 Å². The second-order valence-corrected chi connectivity index (χ2v) is 5.34. The van der Waals surface area contributed by atoms with Crippen molar-refractivity contribution in [1.29, 1.82) is 0 Å². The lowest BCUT2D eigenvalue weighted by atomic mass is 9.88. The van der Waals surface area contributed by atoms with Gasteiger partial charge in [-0.2, -0.15) is 0 Å². The molecule has 0 bridgehead atoms. The largest absolute Gasteiger partial charge is 0.481 e. The van der Waals surface area contributed by atoms with Crippen LogP contribution in [0.4, 0.5) is 0 Å². The Bertz CT molecular complexity index is 385. The molecule has 0 spiro atoms. The SMILES string of the molecule is Cc1ccsc1CNC1(CC(=O)O)CNC1. The lowest BCUT2D eigenvalue weighted by Gasteiger charge is -2.42. The van der Waals surface area contributed by atoms with Gasteiger partial charge >= 0.3 is 5.97 Å². The van der Waals surface area contributed by atoms with Gasteiger partial charge in [0.25, 0.3) is 0 Å². The Morgan fingerprint density at radius 1 is 1.69 bits per heavy atom. The Balaban J connectivity index is 1.93. The number of nitrogens with one attached hydrogen (secondary N) is 2. The van der Waals surface area contributed by atoms with E-state index in [1.165, 1.54) is 10.4 Å². The highest BCUT2D eigenvalue weighted by Crippen LogP contribution is 2.20. The summed E-state index contributed by atoms with van der Waals surface area (Å²) in [5, 5.41) is 17.4. The summed E-state index contributed by atoms with van der Waals surface area (Å²) in [7, 11) is 0. The summed E-state index contributed by atoms with van der Waals surface area (Å²) in [5.41, 5.74) is 1.03.